The highest BCUT2D eigenvalue weighted by Gasteiger charge is 2.39. The predicted octanol–water partition coefficient (Wildman–Crippen LogP) is 6.90. The van der Waals surface area contributed by atoms with Crippen molar-refractivity contribution in [1.82, 2.24) is 34.7 Å². The van der Waals surface area contributed by atoms with Crippen LogP contribution in [-0.2, 0) is 27.5 Å². The first-order valence-corrected chi connectivity index (χ1v) is 24.0. The van der Waals surface area contributed by atoms with Gasteiger partial charge in [-0.05, 0) is 156 Å². The molecule has 6 aliphatic rings. The van der Waals surface area contributed by atoms with Gasteiger partial charge in [0.2, 0.25) is 18.2 Å². The zero-order valence-corrected chi connectivity index (χ0v) is 38.3. The third-order valence-electron chi connectivity index (χ3n) is 14.1. The van der Waals surface area contributed by atoms with Gasteiger partial charge in [0, 0.05) is 68.9 Å². The van der Waals surface area contributed by atoms with Crippen LogP contribution in [0.3, 0.4) is 0 Å². The number of imide groups is 1. The fourth-order valence-electron chi connectivity index (χ4n) is 10.4. The van der Waals surface area contributed by atoms with Gasteiger partial charge < -0.3 is 35.4 Å². The van der Waals surface area contributed by atoms with Gasteiger partial charge >= 0.3 is 6.03 Å². The minimum atomic E-state index is -0.563. The Balaban J connectivity index is 0.000000192. The molecule has 1 aromatic heterocycles. The Morgan fingerprint density at radius 1 is 0.818 bits per heavy atom. The topological polar surface area (TPSA) is 175 Å². The van der Waals surface area contributed by atoms with Crippen LogP contribution in [-0.4, -0.2) is 118 Å². The summed E-state index contributed by atoms with van der Waals surface area (Å²) in [6, 6.07) is 23.9. The zero-order chi connectivity index (χ0) is 46.0. The second kappa shape index (κ2) is 21.8. The molecule has 6 amide bonds. The number of rotatable bonds is 8. The number of amides is 6. The lowest BCUT2D eigenvalue weighted by Crippen LogP contribution is -2.52. The second-order valence-corrected chi connectivity index (χ2v) is 18.4. The van der Waals surface area contributed by atoms with Crippen LogP contribution in [0.5, 0.6) is 11.5 Å². The molecule has 4 N–H and O–H groups in total. The van der Waals surface area contributed by atoms with E-state index in [2.05, 4.69) is 66.9 Å². The van der Waals surface area contributed by atoms with E-state index in [1.54, 1.807) is 4.90 Å². The molecule has 1 unspecified atom stereocenters. The van der Waals surface area contributed by atoms with Gasteiger partial charge in [0.05, 0.1) is 5.69 Å². The van der Waals surface area contributed by atoms with Crippen molar-refractivity contribution in [3.8, 4) is 22.8 Å². The molecule has 350 valence electrons. The Bertz CT molecular complexity index is 2310. The van der Waals surface area contributed by atoms with Crippen LogP contribution in [0, 0.1) is 12.8 Å². The number of piperidine rings is 4. The first kappa shape index (κ1) is 46.3. The molecule has 0 aliphatic carbocycles. The number of hydrogen-bond acceptors (Lipinski definition) is 9. The van der Waals surface area contributed by atoms with E-state index < -0.39 is 6.04 Å². The van der Waals surface area contributed by atoms with Gasteiger partial charge in [-0.15, -0.1) is 0 Å². The van der Waals surface area contributed by atoms with E-state index in [1.165, 1.54) is 24.0 Å². The number of carbonyl (C=O) groups is 5. The Morgan fingerprint density at radius 3 is 2.21 bits per heavy atom. The van der Waals surface area contributed by atoms with E-state index in [0.29, 0.717) is 30.4 Å². The SMILES string of the molecule is Cc1c(-c2ccc(Oc3ccccc3)cc2)nn2c1NCCC2.NC=O.O=C1CCC(N2Cc3cc(C4CCN(CCC5CCN(C(=O)N6CCCCC6)CC5)CC4)ccc3C2=O)C(=O)N1. The molecule has 7 heterocycles. The maximum Gasteiger partial charge on any atom is 0.319 e. The molecule has 0 radical (unpaired) electrons. The van der Waals surface area contributed by atoms with E-state index in [0.717, 1.165) is 138 Å². The lowest BCUT2D eigenvalue weighted by atomic mass is 9.87. The van der Waals surface area contributed by atoms with Crippen LogP contribution in [0.25, 0.3) is 11.3 Å². The smallest absolute Gasteiger partial charge is 0.319 e. The van der Waals surface area contributed by atoms with Crippen molar-refractivity contribution in [3.05, 3.63) is 95.1 Å². The summed E-state index contributed by atoms with van der Waals surface area (Å²) in [6.45, 7) is 11.6. The number of anilines is 1. The maximum absolute atomic E-state index is 13.0. The molecule has 3 aromatic carbocycles. The Kier molecular flexibility index (Phi) is 15.3. The summed E-state index contributed by atoms with van der Waals surface area (Å²) in [6.07, 6.45) is 11.3. The summed E-state index contributed by atoms with van der Waals surface area (Å²) < 4.78 is 7.91. The Labute approximate surface area is 388 Å². The summed E-state index contributed by atoms with van der Waals surface area (Å²) in [4.78, 5) is 66.6. The number of urea groups is 1. The molecule has 0 saturated carbocycles. The van der Waals surface area contributed by atoms with E-state index in [9.17, 15) is 19.2 Å². The van der Waals surface area contributed by atoms with Crippen LogP contribution < -0.4 is 21.1 Å². The number of ether oxygens (including phenoxy) is 1. The summed E-state index contributed by atoms with van der Waals surface area (Å²) >= 11 is 0. The van der Waals surface area contributed by atoms with Crippen molar-refractivity contribution in [2.75, 3.05) is 57.7 Å². The van der Waals surface area contributed by atoms with Gasteiger partial charge in [-0.1, -0.05) is 30.3 Å². The van der Waals surface area contributed by atoms with Crippen LogP contribution in [0.2, 0.25) is 0 Å². The van der Waals surface area contributed by atoms with E-state index in [-0.39, 0.29) is 36.6 Å². The lowest BCUT2D eigenvalue weighted by Gasteiger charge is -2.38. The van der Waals surface area contributed by atoms with Gasteiger partial charge in [0.15, 0.2) is 0 Å². The number of carbonyl (C=O) groups excluding carboxylic acids is 5. The number of fused-ring (bicyclic) bond motifs is 2. The number of nitrogens with two attached hydrogens (primary N) is 1. The number of primary amides is 1. The fraction of sp³-hybridized carbons (Fsp3) is 0.490. The average molecular weight is 900 g/mol. The van der Waals surface area contributed by atoms with Gasteiger partial charge in [0.25, 0.3) is 5.91 Å². The lowest BCUT2D eigenvalue weighted by molar-refractivity contribution is -0.137. The molecule has 10 rings (SSSR count). The maximum atomic E-state index is 13.0. The minimum Gasteiger partial charge on any atom is -0.457 e. The second-order valence-electron chi connectivity index (χ2n) is 18.4. The predicted molar refractivity (Wildman–Crippen MR) is 253 cm³/mol. The number of likely N-dealkylation sites (tertiary alicyclic amines) is 3. The summed E-state index contributed by atoms with van der Waals surface area (Å²) in [5.41, 5.74) is 10.5. The van der Waals surface area contributed by atoms with Crippen LogP contribution in [0.4, 0.5) is 10.6 Å². The monoisotopic (exact) mass is 900 g/mol. The third-order valence-corrected chi connectivity index (χ3v) is 14.1. The third kappa shape index (κ3) is 11.1. The van der Waals surface area contributed by atoms with Crippen molar-refractivity contribution in [1.29, 1.82) is 0 Å². The minimum absolute atomic E-state index is 0.104. The van der Waals surface area contributed by atoms with E-state index >= 15 is 0 Å². The molecule has 4 saturated heterocycles. The normalized spacial score (nSPS) is 20.2. The van der Waals surface area contributed by atoms with Gasteiger partial charge in [0.1, 0.15) is 23.4 Å². The van der Waals surface area contributed by atoms with Gasteiger partial charge in [-0.25, -0.2) is 9.48 Å². The van der Waals surface area contributed by atoms with Crippen molar-refractivity contribution >= 4 is 36.0 Å². The van der Waals surface area contributed by atoms with E-state index in [1.807, 2.05) is 48.5 Å². The molecule has 4 fully saturated rings. The largest absolute Gasteiger partial charge is 0.457 e. The summed E-state index contributed by atoms with van der Waals surface area (Å²) in [5.74, 6) is 3.31. The molecule has 6 aliphatic heterocycles. The number of para-hydroxylation sites is 1. The van der Waals surface area contributed by atoms with Gasteiger partial charge in [-0.3, -0.25) is 24.5 Å². The van der Waals surface area contributed by atoms with Crippen LogP contribution in [0.1, 0.15) is 104 Å². The van der Waals surface area contributed by atoms with Crippen molar-refractivity contribution < 1.29 is 28.7 Å². The van der Waals surface area contributed by atoms with Crippen molar-refractivity contribution in [2.45, 2.75) is 103 Å². The van der Waals surface area contributed by atoms with Gasteiger partial charge in [-0.2, -0.15) is 5.10 Å². The molecule has 0 bridgehead atoms. The highest BCUT2D eigenvalue weighted by molar-refractivity contribution is 6.05. The standard InChI is InChI=1S/C31H43N5O4.C19H19N3O.CH3NO/c37-28-7-6-27(29(38)32-28)36-21-25-20-24(4-5-26(25)30(36)39)23-11-16-33(17-12-23)15-8-22-9-18-35(19-10-22)31(40)34-13-2-1-3-14-34;1-14-18(21-22-13-5-12-20-19(14)22)15-8-10-17(11-9-15)23-16-6-3-2-4-7-16;2-1-3/h4-5,20,22-23,27H,1-3,6-19,21H2,(H,32,37,38);2-4,6-11,20H,5,12-13H2,1H3;1H,(H2,2,3). The number of nitrogens with zero attached hydrogens (tertiary/aromatic N) is 6. The molecule has 1 atom stereocenters. The highest BCUT2D eigenvalue weighted by atomic mass is 16.5. The quantitative estimate of drug-likeness (QED) is 0.126. The number of nitrogens with one attached hydrogen (secondary N) is 2. The number of benzene rings is 3. The molecular formula is C51H65N9O6. The van der Waals surface area contributed by atoms with Crippen LogP contribution >= 0.6 is 0 Å². The molecule has 15 nitrogen and oxygen atoms in total. The number of hydrogen-bond donors (Lipinski definition) is 3. The number of aryl methyl sites for hydroxylation is 1. The molecule has 0 spiro atoms. The Morgan fingerprint density at radius 2 is 1.52 bits per heavy atom. The van der Waals surface area contributed by atoms with E-state index in [4.69, 9.17) is 14.6 Å². The van der Waals surface area contributed by atoms with Crippen LogP contribution in [0.15, 0.2) is 72.8 Å². The molecule has 4 aromatic rings. The van der Waals surface area contributed by atoms with Crippen molar-refractivity contribution in [3.63, 3.8) is 0 Å². The molecule has 15 heteroatoms. The summed E-state index contributed by atoms with van der Waals surface area (Å²) in [7, 11) is 0. The fourth-order valence-corrected chi connectivity index (χ4v) is 10.4. The molecule has 66 heavy (non-hydrogen) atoms. The molecular weight excluding hydrogens is 835 g/mol. The average Bonchev–Trinajstić information content (AvgIpc) is 3.87. The first-order chi connectivity index (χ1) is 32.2. The van der Waals surface area contributed by atoms with Crippen molar-refractivity contribution in [2.24, 2.45) is 11.7 Å². The zero-order valence-electron chi connectivity index (χ0n) is 38.3. The highest BCUT2D eigenvalue weighted by Crippen LogP contribution is 2.35. The first-order valence-electron chi connectivity index (χ1n) is 24.0. The summed E-state index contributed by atoms with van der Waals surface area (Å²) in [5, 5.41) is 10.6. The number of aromatic nitrogens is 2. The Hall–Kier alpha value is -6.22.